The Hall–Kier alpha value is -1.92. The van der Waals surface area contributed by atoms with E-state index in [2.05, 4.69) is 50.0 Å². The van der Waals surface area contributed by atoms with Gasteiger partial charge in [-0.2, -0.15) is 5.10 Å². The number of benzene rings is 1. The maximum atomic E-state index is 9.38. The number of aliphatic hydroxyl groups is 1. The van der Waals surface area contributed by atoms with Crippen molar-refractivity contribution in [3.05, 3.63) is 41.5 Å². The minimum absolute atomic E-state index is 0.0569. The summed E-state index contributed by atoms with van der Waals surface area (Å²) in [4.78, 5) is 7.08. The Morgan fingerprint density at radius 1 is 1.19 bits per heavy atom. The molecule has 1 aliphatic heterocycles. The van der Waals surface area contributed by atoms with Crippen molar-refractivity contribution < 1.29 is 9.84 Å². The minimum atomic E-state index is 0.0569. The number of likely N-dealkylation sites (tertiary alicyclic amines) is 1. The van der Waals surface area contributed by atoms with Gasteiger partial charge in [0.15, 0.2) is 5.82 Å². The second-order valence-corrected chi connectivity index (χ2v) is 8.39. The molecule has 1 N–H and O–H groups in total. The molecule has 6 heteroatoms. The molecule has 3 rings (SSSR count). The molecule has 1 aliphatic rings. The highest BCUT2D eigenvalue weighted by atomic mass is 16.5. The van der Waals surface area contributed by atoms with E-state index in [1.54, 1.807) is 0 Å². The van der Waals surface area contributed by atoms with Crippen LogP contribution in [0.25, 0.3) is 0 Å². The van der Waals surface area contributed by atoms with Crippen molar-refractivity contribution in [2.45, 2.75) is 64.6 Å². The SMILES string of the molecule is CN1CCCC[C@@H]1c1nc(COc2ccc(C(C)(C)C)cc2)nn1CCO. The average Bonchev–Trinajstić information content (AvgIpc) is 3.03. The topological polar surface area (TPSA) is 63.4 Å². The summed E-state index contributed by atoms with van der Waals surface area (Å²) in [6.07, 6.45) is 3.50. The second-order valence-electron chi connectivity index (χ2n) is 8.39. The molecule has 0 radical (unpaired) electrons. The molecular weight excluding hydrogens is 340 g/mol. The first-order valence-corrected chi connectivity index (χ1v) is 9.86. The summed E-state index contributed by atoms with van der Waals surface area (Å²) in [5, 5.41) is 14.0. The van der Waals surface area contributed by atoms with Gasteiger partial charge in [-0.05, 0) is 49.5 Å². The van der Waals surface area contributed by atoms with Crippen molar-refractivity contribution >= 4 is 0 Å². The van der Waals surface area contributed by atoms with Crippen LogP contribution in [0.2, 0.25) is 0 Å². The van der Waals surface area contributed by atoms with Crippen molar-refractivity contribution in [2.24, 2.45) is 0 Å². The summed E-state index contributed by atoms with van der Waals surface area (Å²) in [5.41, 5.74) is 1.41. The first-order valence-electron chi connectivity index (χ1n) is 9.86. The highest BCUT2D eigenvalue weighted by Gasteiger charge is 2.26. The molecule has 2 heterocycles. The summed E-state index contributed by atoms with van der Waals surface area (Å²) in [7, 11) is 2.13. The van der Waals surface area contributed by atoms with Gasteiger partial charge in [-0.1, -0.05) is 39.3 Å². The van der Waals surface area contributed by atoms with Crippen LogP contribution in [0.3, 0.4) is 0 Å². The normalized spacial score (nSPS) is 18.6. The lowest BCUT2D eigenvalue weighted by molar-refractivity contribution is 0.170. The van der Waals surface area contributed by atoms with E-state index in [0.717, 1.165) is 24.5 Å². The Balaban J connectivity index is 1.70. The Morgan fingerprint density at radius 2 is 1.93 bits per heavy atom. The van der Waals surface area contributed by atoms with Gasteiger partial charge >= 0.3 is 0 Å². The van der Waals surface area contributed by atoms with Gasteiger partial charge in [-0.3, -0.25) is 4.90 Å². The number of piperidine rings is 1. The number of hydrogen-bond donors (Lipinski definition) is 1. The number of ether oxygens (including phenoxy) is 1. The molecule has 0 saturated carbocycles. The zero-order valence-corrected chi connectivity index (χ0v) is 17.0. The zero-order chi connectivity index (χ0) is 19.4. The molecule has 148 valence electrons. The third-order valence-electron chi connectivity index (χ3n) is 5.21. The zero-order valence-electron chi connectivity index (χ0n) is 17.0. The highest BCUT2D eigenvalue weighted by molar-refractivity contribution is 5.31. The standard InChI is InChI=1S/C21H32N4O2/c1-21(2,3)16-8-10-17(11-9-16)27-15-19-22-20(25(23-19)13-14-26)18-7-5-6-12-24(18)4/h8-11,18,26H,5-7,12-15H2,1-4H3/t18-/m1/s1. The first kappa shape index (κ1) is 19.8. The monoisotopic (exact) mass is 372 g/mol. The lowest BCUT2D eigenvalue weighted by atomic mass is 9.87. The van der Waals surface area contributed by atoms with Crippen molar-refractivity contribution in [2.75, 3.05) is 20.2 Å². The van der Waals surface area contributed by atoms with Gasteiger partial charge in [-0.15, -0.1) is 0 Å². The van der Waals surface area contributed by atoms with E-state index in [9.17, 15) is 5.11 Å². The smallest absolute Gasteiger partial charge is 0.188 e. The van der Waals surface area contributed by atoms with Gasteiger partial charge in [0.2, 0.25) is 0 Å². The Labute approximate surface area is 162 Å². The fourth-order valence-corrected chi connectivity index (χ4v) is 3.57. The van der Waals surface area contributed by atoms with Crippen LogP contribution in [0.5, 0.6) is 5.75 Å². The Bertz CT molecular complexity index is 734. The molecule has 1 aromatic heterocycles. The summed E-state index contributed by atoms with van der Waals surface area (Å²) in [6, 6.07) is 8.48. The largest absolute Gasteiger partial charge is 0.486 e. The van der Waals surface area contributed by atoms with Crippen LogP contribution in [-0.4, -0.2) is 45.0 Å². The summed E-state index contributed by atoms with van der Waals surface area (Å²) in [5.74, 6) is 2.42. The van der Waals surface area contributed by atoms with E-state index in [1.807, 2.05) is 16.8 Å². The van der Waals surface area contributed by atoms with E-state index in [1.165, 1.54) is 18.4 Å². The van der Waals surface area contributed by atoms with E-state index >= 15 is 0 Å². The molecule has 6 nitrogen and oxygen atoms in total. The van der Waals surface area contributed by atoms with Crippen molar-refractivity contribution in [3.63, 3.8) is 0 Å². The second kappa shape index (κ2) is 8.40. The quantitative estimate of drug-likeness (QED) is 0.843. The molecule has 1 aromatic carbocycles. The van der Waals surface area contributed by atoms with Crippen LogP contribution in [0.15, 0.2) is 24.3 Å². The van der Waals surface area contributed by atoms with Crippen molar-refractivity contribution in [1.29, 1.82) is 0 Å². The summed E-state index contributed by atoms with van der Waals surface area (Å²) >= 11 is 0. The molecular formula is C21H32N4O2. The maximum absolute atomic E-state index is 9.38. The van der Waals surface area contributed by atoms with Gasteiger partial charge in [0.1, 0.15) is 18.2 Å². The van der Waals surface area contributed by atoms with Crippen LogP contribution < -0.4 is 4.74 Å². The number of rotatable bonds is 6. The fraction of sp³-hybridized carbons (Fsp3) is 0.619. The molecule has 27 heavy (non-hydrogen) atoms. The molecule has 2 aromatic rings. The number of hydrogen-bond acceptors (Lipinski definition) is 5. The third-order valence-corrected chi connectivity index (χ3v) is 5.21. The van der Waals surface area contributed by atoms with Gasteiger partial charge in [-0.25, -0.2) is 9.67 Å². The highest BCUT2D eigenvalue weighted by Crippen LogP contribution is 2.29. The predicted octanol–water partition coefficient (Wildman–Crippen LogP) is 3.30. The molecule has 0 amide bonds. The van der Waals surface area contributed by atoms with Gasteiger partial charge < -0.3 is 9.84 Å². The molecule has 0 bridgehead atoms. The van der Waals surface area contributed by atoms with Crippen molar-refractivity contribution in [3.8, 4) is 5.75 Å². The number of nitrogens with zero attached hydrogens (tertiary/aromatic N) is 4. The van der Waals surface area contributed by atoms with E-state index in [4.69, 9.17) is 9.72 Å². The molecule has 1 fully saturated rings. The lowest BCUT2D eigenvalue weighted by Gasteiger charge is -2.31. The van der Waals surface area contributed by atoms with Gasteiger partial charge in [0.25, 0.3) is 0 Å². The fourth-order valence-electron chi connectivity index (χ4n) is 3.57. The van der Waals surface area contributed by atoms with Crippen molar-refractivity contribution in [1.82, 2.24) is 19.7 Å². The first-order chi connectivity index (χ1) is 12.9. The number of aromatic nitrogens is 3. The summed E-state index contributed by atoms with van der Waals surface area (Å²) in [6.45, 7) is 8.52. The molecule has 1 saturated heterocycles. The van der Waals surface area contributed by atoms with Crippen LogP contribution in [0.1, 0.15) is 63.3 Å². The van der Waals surface area contributed by atoms with Crippen LogP contribution >= 0.6 is 0 Å². The van der Waals surface area contributed by atoms with Crippen LogP contribution in [0, 0.1) is 0 Å². The van der Waals surface area contributed by atoms with Crippen LogP contribution in [0.4, 0.5) is 0 Å². The van der Waals surface area contributed by atoms with Gasteiger partial charge in [0, 0.05) is 0 Å². The van der Waals surface area contributed by atoms with E-state index < -0.39 is 0 Å². The molecule has 0 unspecified atom stereocenters. The summed E-state index contributed by atoms with van der Waals surface area (Å²) < 4.78 is 7.75. The predicted molar refractivity (Wildman–Crippen MR) is 106 cm³/mol. The Morgan fingerprint density at radius 3 is 2.56 bits per heavy atom. The Kier molecular flexibility index (Phi) is 6.17. The van der Waals surface area contributed by atoms with E-state index in [-0.39, 0.29) is 18.1 Å². The minimum Gasteiger partial charge on any atom is -0.486 e. The van der Waals surface area contributed by atoms with E-state index in [0.29, 0.717) is 19.0 Å². The average molecular weight is 373 g/mol. The maximum Gasteiger partial charge on any atom is 0.188 e. The van der Waals surface area contributed by atoms with Gasteiger partial charge in [0.05, 0.1) is 19.2 Å². The third kappa shape index (κ3) is 4.87. The molecule has 0 aliphatic carbocycles. The molecule has 1 atom stereocenters. The molecule has 0 spiro atoms. The number of aliphatic hydroxyl groups excluding tert-OH is 1. The lowest BCUT2D eigenvalue weighted by Crippen LogP contribution is -2.32. The van der Waals surface area contributed by atoms with Crippen LogP contribution in [-0.2, 0) is 18.6 Å².